The maximum absolute atomic E-state index is 12.3. The summed E-state index contributed by atoms with van der Waals surface area (Å²) < 4.78 is 7.48. The summed E-state index contributed by atoms with van der Waals surface area (Å²) in [7, 11) is 0. The van der Waals surface area contributed by atoms with E-state index in [1.807, 2.05) is 42.5 Å². The van der Waals surface area contributed by atoms with Crippen LogP contribution in [0.2, 0.25) is 0 Å². The van der Waals surface area contributed by atoms with Gasteiger partial charge in [0.25, 0.3) is 0 Å². The van der Waals surface area contributed by atoms with E-state index in [9.17, 15) is 4.79 Å². The lowest BCUT2D eigenvalue weighted by molar-refractivity contribution is 0.306. The summed E-state index contributed by atoms with van der Waals surface area (Å²) in [5, 5.41) is 0. The molecule has 2 heterocycles. The van der Waals surface area contributed by atoms with Crippen molar-refractivity contribution in [3.63, 3.8) is 0 Å². The Morgan fingerprint density at radius 1 is 1.04 bits per heavy atom. The molecule has 1 aromatic heterocycles. The van der Waals surface area contributed by atoms with Gasteiger partial charge in [-0.05, 0) is 17.5 Å². The number of hydrogen-bond acceptors (Lipinski definition) is 3. The molecule has 0 unspecified atom stereocenters. The first-order valence-corrected chi connectivity index (χ1v) is 8.18. The molecule has 24 heavy (non-hydrogen) atoms. The Hall–Kier alpha value is -2.88. The van der Waals surface area contributed by atoms with E-state index in [-0.39, 0.29) is 5.69 Å². The first-order valence-electron chi connectivity index (χ1n) is 8.18. The molecule has 4 heteroatoms. The lowest BCUT2D eigenvalue weighted by Gasteiger charge is -2.21. The second-order valence-electron chi connectivity index (χ2n) is 5.91. The summed E-state index contributed by atoms with van der Waals surface area (Å²) in [5.74, 6) is 0.402. The van der Waals surface area contributed by atoms with E-state index in [0.717, 1.165) is 24.1 Å². The van der Waals surface area contributed by atoms with Crippen LogP contribution in [0, 0.1) is 0 Å². The maximum Gasteiger partial charge on any atom is 0.351 e. The molecule has 1 aliphatic heterocycles. The highest BCUT2D eigenvalue weighted by Gasteiger charge is 2.18. The molecule has 1 aliphatic rings. The summed E-state index contributed by atoms with van der Waals surface area (Å²) in [5.41, 5.74) is 4.22. The Bertz CT molecular complexity index is 916. The van der Waals surface area contributed by atoms with Crippen molar-refractivity contribution in [3.05, 3.63) is 82.3 Å². The van der Waals surface area contributed by atoms with Crippen molar-refractivity contribution in [2.24, 2.45) is 0 Å². The summed E-state index contributed by atoms with van der Waals surface area (Å²) in [6.45, 7) is 1.17. The van der Waals surface area contributed by atoms with E-state index in [4.69, 9.17) is 4.74 Å². The zero-order valence-electron chi connectivity index (χ0n) is 13.3. The zero-order valence-corrected chi connectivity index (χ0v) is 13.3. The molecule has 0 fully saturated rings. The Kier molecular flexibility index (Phi) is 3.87. The molecule has 0 bridgehead atoms. The van der Waals surface area contributed by atoms with Gasteiger partial charge >= 0.3 is 5.69 Å². The van der Waals surface area contributed by atoms with Crippen LogP contribution in [0.3, 0.4) is 0 Å². The van der Waals surface area contributed by atoms with E-state index in [0.29, 0.717) is 19.0 Å². The first-order chi connectivity index (χ1) is 11.8. The van der Waals surface area contributed by atoms with E-state index >= 15 is 0 Å². The fourth-order valence-corrected chi connectivity index (χ4v) is 3.14. The van der Waals surface area contributed by atoms with Gasteiger partial charge in [-0.1, -0.05) is 54.6 Å². The number of aryl methyl sites for hydroxylation is 1. The molecule has 120 valence electrons. The van der Waals surface area contributed by atoms with E-state index < -0.39 is 0 Å². The highest BCUT2D eigenvalue weighted by atomic mass is 16.5. The standard InChI is InChI=1S/C20H18N2O2/c23-20-21-19(24-13-11-15-6-2-1-3-7-15)14-18-17-9-5-4-8-16(17)10-12-22(18)20/h1-9,14H,10-13H2. The molecule has 4 nitrogen and oxygen atoms in total. The van der Waals surface area contributed by atoms with Crippen LogP contribution in [0.15, 0.2) is 65.5 Å². The molecule has 4 rings (SSSR count). The van der Waals surface area contributed by atoms with Crippen molar-refractivity contribution in [2.45, 2.75) is 19.4 Å². The molecule has 0 saturated heterocycles. The average molecular weight is 318 g/mol. The van der Waals surface area contributed by atoms with Gasteiger partial charge < -0.3 is 4.74 Å². The Morgan fingerprint density at radius 3 is 2.71 bits per heavy atom. The number of rotatable bonds is 4. The van der Waals surface area contributed by atoms with Crippen LogP contribution in [0.1, 0.15) is 11.1 Å². The minimum absolute atomic E-state index is 0.239. The van der Waals surface area contributed by atoms with Crippen LogP contribution < -0.4 is 10.4 Å². The van der Waals surface area contributed by atoms with Crippen LogP contribution in [0.25, 0.3) is 11.3 Å². The monoisotopic (exact) mass is 318 g/mol. The number of nitrogens with zero attached hydrogens (tertiary/aromatic N) is 2. The normalized spacial score (nSPS) is 12.3. The second-order valence-corrected chi connectivity index (χ2v) is 5.91. The molecule has 0 amide bonds. The van der Waals surface area contributed by atoms with Gasteiger partial charge in [0.2, 0.25) is 5.88 Å². The minimum atomic E-state index is -0.239. The Balaban J connectivity index is 1.58. The molecule has 0 aliphatic carbocycles. The lowest BCUT2D eigenvalue weighted by atomic mass is 9.98. The van der Waals surface area contributed by atoms with E-state index in [1.54, 1.807) is 4.57 Å². The van der Waals surface area contributed by atoms with Crippen molar-refractivity contribution < 1.29 is 4.74 Å². The summed E-state index contributed by atoms with van der Waals surface area (Å²) >= 11 is 0. The minimum Gasteiger partial charge on any atom is -0.477 e. The Labute approximate surface area is 140 Å². The quantitative estimate of drug-likeness (QED) is 0.742. The molecule has 0 saturated carbocycles. The summed E-state index contributed by atoms with van der Waals surface area (Å²) in [4.78, 5) is 16.4. The van der Waals surface area contributed by atoms with Crippen molar-refractivity contribution in [1.82, 2.24) is 9.55 Å². The third-order valence-corrected chi connectivity index (χ3v) is 4.37. The van der Waals surface area contributed by atoms with Gasteiger partial charge in [-0.3, -0.25) is 4.57 Å². The van der Waals surface area contributed by atoms with Crippen molar-refractivity contribution in [1.29, 1.82) is 0 Å². The van der Waals surface area contributed by atoms with Gasteiger partial charge in [-0.15, -0.1) is 0 Å². The topological polar surface area (TPSA) is 44.1 Å². The SMILES string of the molecule is O=c1nc(OCCc2ccccc2)cc2n1CCc1ccccc1-2. The molecule has 0 atom stereocenters. The van der Waals surface area contributed by atoms with Gasteiger partial charge in [0, 0.05) is 24.6 Å². The molecule has 0 radical (unpaired) electrons. The number of benzene rings is 2. The van der Waals surface area contributed by atoms with Crippen molar-refractivity contribution in [2.75, 3.05) is 6.61 Å². The molecule has 3 aromatic rings. The number of hydrogen-bond donors (Lipinski definition) is 0. The zero-order chi connectivity index (χ0) is 16.4. The van der Waals surface area contributed by atoms with Crippen LogP contribution in [0.4, 0.5) is 0 Å². The second kappa shape index (κ2) is 6.32. The number of aromatic nitrogens is 2. The van der Waals surface area contributed by atoms with Crippen molar-refractivity contribution in [3.8, 4) is 17.1 Å². The van der Waals surface area contributed by atoms with E-state index in [1.165, 1.54) is 11.1 Å². The summed E-state index contributed by atoms with van der Waals surface area (Å²) in [6.07, 6.45) is 1.65. The molecule has 0 spiro atoms. The smallest absolute Gasteiger partial charge is 0.351 e. The van der Waals surface area contributed by atoms with E-state index in [2.05, 4.69) is 23.2 Å². The van der Waals surface area contributed by atoms with Gasteiger partial charge in [0.1, 0.15) is 0 Å². The maximum atomic E-state index is 12.3. The molecular formula is C20H18N2O2. The predicted molar refractivity (Wildman–Crippen MR) is 93.3 cm³/mol. The third-order valence-electron chi connectivity index (χ3n) is 4.37. The fourth-order valence-electron chi connectivity index (χ4n) is 3.14. The molecule has 2 aromatic carbocycles. The summed E-state index contributed by atoms with van der Waals surface area (Å²) in [6, 6.07) is 20.2. The predicted octanol–water partition coefficient (Wildman–Crippen LogP) is 3.09. The van der Waals surface area contributed by atoms with Crippen LogP contribution in [-0.2, 0) is 19.4 Å². The average Bonchev–Trinajstić information content (AvgIpc) is 2.62. The fraction of sp³-hybridized carbons (Fsp3) is 0.200. The molecule has 0 N–H and O–H groups in total. The Morgan fingerprint density at radius 2 is 1.83 bits per heavy atom. The van der Waals surface area contributed by atoms with Gasteiger partial charge in [-0.25, -0.2) is 4.79 Å². The lowest BCUT2D eigenvalue weighted by Crippen LogP contribution is -2.28. The largest absolute Gasteiger partial charge is 0.477 e. The van der Waals surface area contributed by atoms with Crippen LogP contribution in [-0.4, -0.2) is 16.2 Å². The van der Waals surface area contributed by atoms with Crippen LogP contribution in [0.5, 0.6) is 5.88 Å². The highest BCUT2D eigenvalue weighted by Crippen LogP contribution is 2.29. The number of fused-ring (bicyclic) bond motifs is 3. The van der Waals surface area contributed by atoms with Gasteiger partial charge in [0.15, 0.2) is 0 Å². The third kappa shape index (κ3) is 2.83. The number of ether oxygens (including phenoxy) is 1. The van der Waals surface area contributed by atoms with Crippen LogP contribution >= 0.6 is 0 Å². The van der Waals surface area contributed by atoms with Crippen molar-refractivity contribution >= 4 is 0 Å². The molecular weight excluding hydrogens is 300 g/mol. The highest BCUT2D eigenvalue weighted by molar-refractivity contribution is 5.66. The van der Waals surface area contributed by atoms with Gasteiger partial charge in [0.05, 0.1) is 12.3 Å². The van der Waals surface area contributed by atoms with Gasteiger partial charge in [-0.2, -0.15) is 4.98 Å². The first kappa shape index (κ1) is 14.7.